The quantitative estimate of drug-likeness (QED) is 0.753. The van der Waals surface area contributed by atoms with E-state index in [1.54, 1.807) is 20.8 Å². The molecule has 1 aliphatic rings. The Morgan fingerprint density at radius 2 is 1.85 bits per heavy atom. The number of carbonyl (C=O) groups is 2. The summed E-state index contributed by atoms with van der Waals surface area (Å²) in [7, 11) is 0. The number of hydrogen-bond donors (Lipinski definition) is 1. The molecule has 1 heterocycles. The van der Waals surface area contributed by atoms with Crippen molar-refractivity contribution in [2.75, 3.05) is 11.9 Å². The van der Waals surface area contributed by atoms with Crippen LogP contribution in [0.3, 0.4) is 0 Å². The highest BCUT2D eigenvalue weighted by Crippen LogP contribution is 2.33. The Morgan fingerprint density at radius 1 is 1.19 bits per heavy atom. The summed E-state index contributed by atoms with van der Waals surface area (Å²) in [6.45, 7) is 5.40. The molecule has 1 N–H and O–H groups in total. The highest BCUT2D eigenvalue weighted by Gasteiger charge is 2.36. The van der Waals surface area contributed by atoms with E-state index in [4.69, 9.17) is 4.74 Å². The Balaban J connectivity index is 2.17. The van der Waals surface area contributed by atoms with Gasteiger partial charge < -0.3 is 10.1 Å². The molecule has 0 unspecified atom stereocenters. The van der Waals surface area contributed by atoms with Crippen molar-refractivity contribution in [1.29, 1.82) is 0 Å². The first-order valence-corrected chi connectivity index (χ1v) is 8.56. The first-order chi connectivity index (χ1) is 12.4. The fraction of sp³-hybridized carbons (Fsp3) is 0.556. The van der Waals surface area contributed by atoms with Crippen molar-refractivity contribution in [3.63, 3.8) is 0 Å². The van der Waals surface area contributed by atoms with Gasteiger partial charge in [0.05, 0.1) is 5.56 Å². The number of rotatable bonds is 2. The van der Waals surface area contributed by atoms with Gasteiger partial charge in [-0.05, 0) is 58.2 Å². The molecule has 0 bridgehead atoms. The molecule has 0 aliphatic carbocycles. The highest BCUT2D eigenvalue weighted by molar-refractivity contribution is 5.96. The summed E-state index contributed by atoms with van der Waals surface area (Å²) in [5.74, 6) is -2.06. The second-order valence-corrected chi connectivity index (χ2v) is 7.37. The summed E-state index contributed by atoms with van der Waals surface area (Å²) < 4.78 is 57.1. The summed E-state index contributed by atoms with van der Waals surface area (Å²) in [4.78, 5) is 26.2. The lowest BCUT2D eigenvalue weighted by molar-refractivity contribution is -0.140. The molecule has 2 amide bonds. The van der Waals surface area contributed by atoms with Gasteiger partial charge in [-0.15, -0.1) is 0 Å². The smallest absolute Gasteiger partial charge is 0.419 e. The SMILES string of the molecule is CC(C)(C)OC(=O)N1CCCC[C@H]1C(=O)Nc1ccc(F)c(C(F)(F)F)c1. The van der Waals surface area contributed by atoms with Crippen molar-refractivity contribution < 1.29 is 31.9 Å². The first kappa shape index (κ1) is 21.0. The maximum absolute atomic E-state index is 13.4. The second-order valence-electron chi connectivity index (χ2n) is 7.37. The number of carbonyl (C=O) groups excluding carboxylic acids is 2. The fourth-order valence-electron chi connectivity index (χ4n) is 2.79. The average molecular weight is 390 g/mol. The Hall–Kier alpha value is -2.32. The molecule has 9 heteroatoms. The molecule has 0 spiro atoms. The second kappa shape index (κ2) is 7.74. The van der Waals surface area contributed by atoms with Crippen molar-refractivity contribution in [3.05, 3.63) is 29.6 Å². The van der Waals surface area contributed by atoms with Crippen molar-refractivity contribution in [2.45, 2.75) is 57.9 Å². The standard InChI is InChI=1S/C18H22F4N2O3/c1-17(2,3)27-16(26)24-9-5-4-6-14(24)15(25)23-11-7-8-13(19)12(10-11)18(20,21)22/h7-8,10,14H,4-6,9H2,1-3H3,(H,23,25)/t14-/m0/s1. The van der Waals surface area contributed by atoms with Gasteiger partial charge in [-0.25, -0.2) is 9.18 Å². The molecule has 1 aromatic carbocycles. The highest BCUT2D eigenvalue weighted by atomic mass is 19.4. The van der Waals surface area contributed by atoms with E-state index in [1.807, 2.05) is 0 Å². The molecule has 1 aromatic rings. The lowest BCUT2D eigenvalue weighted by atomic mass is 10.0. The zero-order valence-corrected chi connectivity index (χ0v) is 15.3. The van der Waals surface area contributed by atoms with E-state index >= 15 is 0 Å². The van der Waals surface area contributed by atoms with E-state index in [9.17, 15) is 27.2 Å². The van der Waals surface area contributed by atoms with Crippen LogP contribution in [0.2, 0.25) is 0 Å². The maximum atomic E-state index is 13.4. The predicted octanol–water partition coefficient (Wildman–Crippen LogP) is 4.57. The van der Waals surface area contributed by atoms with Gasteiger partial charge in [-0.2, -0.15) is 13.2 Å². The summed E-state index contributed by atoms with van der Waals surface area (Å²) in [5.41, 5.74) is -2.40. The summed E-state index contributed by atoms with van der Waals surface area (Å²) in [6.07, 6.45) is -3.79. The summed E-state index contributed by atoms with van der Waals surface area (Å²) >= 11 is 0. The van der Waals surface area contributed by atoms with Crippen molar-refractivity contribution in [3.8, 4) is 0 Å². The monoisotopic (exact) mass is 390 g/mol. The largest absolute Gasteiger partial charge is 0.444 e. The molecular formula is C18H22F4N2O3. The molecule has 0 saturated carbocycles. The maximum Gasteiger partial charge on any atom is 0.419 e. The van der Waals surface area contributed by atoms with E-state index in [1.165, 1.54) is 4.90 Å². The van der Waals surface area contributed by atoms with Gasteiger partial charge in [0, 0.05) is 12.2 Å². The zero-order chi connectivity index (χ0) is 20.4. The van der Waals surface area contributed by atoms with Gasteiger partial charge in [0.15, 0.2) is 0 Å². The molecule has 1 saturated heterocycles. The molecule has 0 radical (unpaired) electrons. The van der Waals surface area contributed by atoms with Crippen LogP contribution in [0.15, 0.2) is 18.2 Å². The molecule has 0 aromatic heterocycles. The van der Waals surface area contributed by atoms with Crippen LogP contribution in [-0.2, 0) is 15.7 Å². The number of halogens is 4. The molecule has 27 heavy (non-hydrogen) atoms. The number of nitrogens with zero attached hydrogens (tertiary/aromatic N) is 1. The van der Waals surface area contributed by atoms with E-state index in [2.05, 4.69) is 5.32 Å². The van der Waals surface area contributed by atoms with Crippen LogP contribution in [0, 0.1) is 5.82 Å². The van der Waals surface area contributed by atoms with Gasteiger partial charge in [0.25, 0.3) is 0 Å². The molecule has 1 atom stereocenters. The number of nitrogens with one attached hydrogen (secondary N) is 1. The Labute approximate surface area is 154 Å². The van der Waals surface area contributed by atoms with E-state index in [-0.39, 0.29) is 5.69 Å². The Kier molecular flexibility index (Phi) is 6.01. The lowest BCUT2D eigenvalue weighted by Crippen LogP contribution is -2.51. The molecule has 1 aliphatic heterocycles. The minimum atomic E-state index is -4.88. The van der Waals surface area contributed by atoms with Crippen LogP contribution in [0.5, 0.6) is 0 Å². The third-order valence-corrected chi connectivity index (χ3v) is 3.97. The first-order valence-electron chi connectivity index (χ1n) is 8.56. The predicted molar refractivity (Wildman–Crippen MR) is 90.6 cm³/mol. The van der Waals surface area contributed by atoms with E-state index in [0.717, 1.165) is 6.07 Å². The number of amides is 2. The molecule has 5 nitrogen and oxygen atoms in total. The summed E-state index contributed by atoms with van der Waals surface area (Å²) in [6, 6.07) is 1.36. The number of piperidine rings is 1. The number of ether oxygens (including phenoxy) is 1. The molecular weight excluding hydrogens is 368 g/mol. The summed E-state index contributed by atoms with van der Waals surface area (Å²) in [5, 5.41) is 2.34. The lowest BCUT2D eigenvalue weighted by Gasteiger charge is -2.35. The number of alkyl halides is 3. The number of hydrogen-bond acceptors (Lipinski definition) is 3. The normalized spacial score (nSPS) is 18.2. The van der Waals surface area contributed by atoms with Crippen LogP contribution in [0.25, 0.3) is 0 Å². The van der Waals surface area contributed by atoms with E-state index in [0.29, 0.717) is 37.9 Å². The van der Waals surface area contributed by atoms with Crippen molar-refractivity contribution in [1.82, 2.24) is 4.90 Å². The minimum Gasteiger partial charge on any atom is -0.444 e. The van der Waals surface area contributed by atoms with Gasteiger partial charge in [0.1, 0.15) is 17.5 Å². The van der Waals surface area contributed by atoms with E-state index < -0.39 is 41.2 Å². The average Bonchev–Trinajstić information content (AvgIpc) is 2.54. The van der Waals surface area contributed by atoms with Gasteiger partial charge >= 0.3 is 12.3 Å². The van der Waals surface area contributed by atoms with Crippen LogP contribution in [0.4, 0.5) is 28.0 Å². The molecule has 2 rings (SSSR count). The van der Waals surface area contributed by atoms with Gasteiger partial charge in [0.2, 0.25) is 5.91 Å². The van der Waals surface area contributed by atoms with Gasteiger partial charge in [-0.3, -0.25) is 9.69 Å². The Morgan fingerprint density at radius 3 is 2.44 bits per heavy atom. The minimum absolute atomic E-state index is 0.191. The van der Waals surface area contributed by atoms with Crippen molar-refractivity contribution >= 4 is 17.7 Å². The molecule has 150 valence electrons. The van der Waals surface area contributed by atoms with Crippen LogP contribution in [-0.4, -0.2) is 35.1 Å². The Bertz CT molecular complexity index is 714. The molecule has 1 fully saturated rings. The topological polar surface area (TPSA) is 58.6 Å². The van der Waals surface area contributed by atoms with Crippen LogP contribution in [0.1, 0.15) is 45.6 Å². The number of benzene rings is 1. The number of likely N-dealkylation sites (tertiary alicyclic amines) is 1. The number of anilines is 1. The fourth-order valence-corrected chi connectivity index (χ4v) is 2.79. The van der Waals surface area contributed by atoms with Crippen LogP contribution >= 0.6 is 0 Å². The third-order valence-electron chi connectivity index (χ3n) is 3.97. The van der Waals surface area contributed by atoms with Crippen molar-refractivity contribution in [2.24, 2.45) is 0 Å². The zero-order valence-electron chi connectivity index (χ0n) is 15.3. The van der Waals surface area contributed by atoms with Gasteiger partial charge in [-0.1, -0.05) is 0 Å². The third kappa shape index (κ3) is 5.58. The van der Waals surface area contributed by atoms with Crippen LogP contribution < -0.4 is 5.32 Å².